The molecule has 0 fully saturated rings. The van der Waals surface area contributed by atoms with Gasteiger partial charge in [-0.25, -0.2) is 8.42 Å². The number of rotatable bonds is 1. The molecular weight excluding hydrogens is 273 g/mol. The van der Waals surface area contributed by atoms with Crippen molar-refractivity contribution in [2.24, 2.45) is 0 Å². The Morgan fingerprint density at radius 3 is 2.50 bits per heavy atom. The van der Waals surface area contributed by atoms with Crippen molar-refractivity contribution in [3.8, 4) is 0 Å². The van der Waals surface area contributed by atoms with Crippen LogP contribution in [0.1, 0.15) is 0 Å². The fourth-order valence-corrected chi connectivity index (χ4v) is 2.87. The monoisotopic (exact) mass is 277 g/mol. The Bertz CT molecular complexity index is 721. The first-order valence-corrected chi connectivity index (χ1v) is 6.84. The number of nitrogens with one attached hydrogen (secondary N) is 1. The fourth-order valence-electron chi connectivity index (χ4n) is 1.34. The van der Waals surface area contributed by atoms with Crippen LogP contribution in [0.25, 0.3) is 10.9 Å². The van der Waals surface area contributed by atoms with Crippen molar-refractivity contribution < 1.29 is 8.42 Å². The van der Waals surface area contributed by atoms with Gasteiger partial charge in [-0.05, 0) is 23.6 Å². The SMILES string of the molecule is O=c1ccc2cc(S(=O)(=O)Cl)c(Cl)cc2[nH]1. The van der Waals surface area contributed by atoms with Crippen molar-refractivity contribution in [1.29, 1.82) is 0 Å². The number of pyridine rings is 1. The van der Waals surface area contributed by atoms with Crippen molar-refractivity contribution in [2.75, 3.05) is 0 Å². The average Bonchev–Trinajstić information content (AvgIpc) is 2.14. The first-order valence-electron chi connectivity index (χ1n) is 4.15. The van der Waals surface area contributed by atoms with E-state index in [0.717, 1.165) is 0 Å². The highest BCUT2D eigenvalue weighted by Gasteiger charge is 2.15. The lowest BCUT2D eigenvalue weighted by atomic mass is 10.2. The molecule has 1 N–H and O–H groups in total. The summed E-state index contributed by atoms with van der Waals surface area (Å²) < 4.78 is 22.3. The first-order chi connectivity index (χ1) is 7.38. The molecule has 1 aromatic heterocycles. The number of H-pyrrole nitrogens is 1. The standard InChI is InChI=1S/C9H5Cl2NO3S/c10-6-4-7-5(1-2-9(13)12-7)3-8(6)16(11,14)15/h1-4H,(H,12,13). The lowest BCUT2D eigenvalue weighted by Crippen LogP contribution is -2.03. The molecule has 1 aromatic carbocycles. The van der Waals surface area contributed by atoms with E-state index in [0.29, 0.717) is 10.9 Å². The molecule has 0 unspecified atom stereocenters. The van der Waals surface area contributed by atoms with E-state index in [1.165, 1.54) is 24.3 Å². The third-order valence-electron chi connectivity index (χ3n) is 2.04. The maximum absolute atomic E-state index is 11.2. The molecule has 0 amide bonds. The van der Waals surface area contributed by atoms with E-state index in [1.54, 1.807) is 0 Å². The minimum atomic E-state index is -3.89. The predicted octanol–water partition coefficient (Wildman–Crippen LogP) is 2.11. The van der Waals surface area contributed by atoms with E-state index in [1.807, 2.05) is 0 Å². The Hall–Kier alpha value is -1.04. The topological polar surface area (TPSA) is 67.0 Å². The molecule has 0 aliphatic carbocycles. The summed E-state index contributed by atoms with van der Waals surface area (Å²) in [6.07, 6.45) is 0. The van der Waals surface area contributed by atoms with Crippen molar-refractivity contribution >= 4 is 42.2 Å². The minimum absolute atomic E-state index is 0.0237. The molecule has 0 saturated heterocycles. The van der Waals surface area contributed by atoms with Gasteiger partial charge in [0.05, 0.1) is 5.02 Å². The zero-order valence-corrected chi connectivity index (χ0v) is 10.0. The van der Waals surface area contributed by atoms with Crippen LogP contribution in [0.4, 0.5) is 0 Å². The lowest BCUT2D eigenvalue weighted by Gasteiger charge is -2.02. The average molecular weight is 278 g/mol. The summed E-state index contributed by atoms with van der Waals surface area (Å²) in [6.45, 7) is 0. The summed E-state index contributed by atoms with van der Waals surface area (Å²) in [5, 5.41) is 0.521. The molecular formula is C9H5Cl2NO3S. The van der Waals surface area contributed by atoms with E-state index in [4.69, 9.17) is 22.3 Å². The van der Waals surface area contributed by atoms with Gasteiger partial charge in [0.2, 0.25) is 5.56 Å². The lowest BCUT2D eigenvalue weighted by molar-refractivity contribution is 0.610. The Morgan fingerprint density at radius 2 is 1.88 bits per heavy atom. The molecule has 0 aliphatic rings. The highest BCUT2D eigenvalue weighted by molar-refractivity contribution is 8.13. The Balaban J connectivity index is 2.88. The molecule has 0 aliphatic heterocycles. The fraction of sp³-hybridized carbons (Fsp3) is 0. The van der Waals surface area contributed by atoms with E-state index in [-0.39, 0.29) is 15.5 Å². The van der Waals surface area contributed by atoms with Gasteiger partial charge >= 0.3 is 0 Å². The van der Waals surface area contributed by atoms with Gasteiger partial charge in [-0.1, -0.05) is 11.6 Å². The van der Waals surface area contributed by atoms with E-state index in [9.17, 15) is 13.2 Å². The zero-order chi connectivity index (χ0) is 11.9. The van der Waals surface area contributed by atoms with Gasteiger partial charge in [-0.2, -0.15) is 0 Å². The number of aromatic amines is 1. The van der Waals surface area contributed by atoms with Gasteiger partial charge < -0.3 is 4.98 Å². The Labute approximate surface area is 100 Å². The smallest absolute Gasteiger partial charge is 0.262 e. The second-order valence-electron chi connectivity index (χ2n) is 3.13. The van der Waals surface area contributed by atoms with Crippen LogP contribution in [0.15, 0.2) is 34.0 Å². The summed E-state index contributed by atoms with van der Waals surface area (Å²) in [7, 11) is 1.32. The zero-order valence-electron chi connectivity index (χ0n) is 7.70. The van der Waals surface area contributed by atoms with Crippen molar-refractivity contribution in [3.63, 3.8) is 0 Å². The summed E-state index contributed by atoms with van der Waals surface area (Å²) in [5.41, 5.74) is 0.173. The number of hydrogen-bond acceptors (Lipinski definition) is 3. The van der Waals surface area contributed by atoms with E-state index in [2.05, 4.69) is 4.98 Å². The molecule has 7 heteroatoms. The van der Waals surface area contributed by atoms with Crippen LogP contribution >= 0.6 is 22.3 Å². The number of fused-ring (bicyclic) bond motifs is 1. The molecule has 16 heavy (non-hydrogen) atoms. The summed E-state index contributed by atoms with van der Waals surface area (Å²) in [6, 6.07) is 5.46. The van der Waals surface area contributed by atoms with Gasteiger partial charge in [-0.3, -0.25) is 4.79 Å². The quantitative estimate of drug-likeness (QED) is 0.812. The normalized spacial score (nSPS) is 11.9. The van der Waals surface area contributed by atoms with Crippen molar-refractivity contribution in [3.05, 3.63) is 39.6 Å². The van der Waals surface area contributed by atoms with Crippen molar-refractivity contribution in [2.45, 2.75) is 4.90 Å². The second-order valence-corrected chi connectivity index (χ2v) is 6.07. The maximum Gasteiger partial charge on any atom is 0.262 e. The number of hydrogen-bond donors (Lipinski definition) is 1. The second kappa shape index (κ2) is 3.76. The molecule has 2 aromatic rings. The molecule has 2 rings (SSSR count). The summed E-state index contributed by atoms with van der Waals surface area (Å²) in [4.78, 5) is 13.4. The van der Waals surface area contributed by atoms with Gasteiger partial charge in [0, 0.05) is 22.3 Å². The first kappa shape index (κ1) is 11.4. The third kappa shape index (κ3) is 2.07. The van der Waals surface area contributed by atoms with Crippen LogP contribution in [0.5, 0.6) is 0 Å². The highest BCUT2D eigenvalue weighted by Crippen LogP contribution is 2.28. The molecule has 84 valence electrons. The largest absolute Gasteiger partial charge is 0.322 e. The van der Waals surface area contributed by atoms with Crippen molar-refractivity contribution in [1.82, 2.24) is 4.98 Å². The van der Waals surface area contributed by atoms with Crippen LogP contribution in [0.3, 0.4) is 0 Å². The van der Waals surface area contributed by atoms with Gasteiger partial charge in [-0.15, -0.1) is 0 Å². The van der Waals surface area contributed by atoms with Crippen LogP contribution in [-0.2, 0) is 9.05 Å². The van der Waals surface area contributed by atoms with Gasteiger partial charge in [0.25, 0.3) is 9.05 Å². The molecule has 1 heterocycles. The van der Waals surface area contributed by atoms with Crippen LogP contribution in [0.2, 0.25) is 5.02 Å². The van der Waals surface area contributed by atoms with Crippen LogP contribution in [-0.4, -0.2) is 13.4 Å². The van der Waals surface area contributed by atoms with Crippen LogP contribution in [0, 0.1) is 0 Å². The molecule has 0 bridgehead atoms. The summed E-state index contributed by atoms with van der Waals surface area (Å²) in [5.74, 6) is 0. The molecule has 0 saturated carbocycles. The maximum atomic E-state index is 11.2. The number of benzene rings is 1. The molecule has 0 atom stereocenters. The van der Waals surface area contributed by atoms with Crippen LogP contribution < -0.4 is 5.56 Å². The van der Waals surface area contributed by atoms with Gasteiger partial charge in [0.1, 0.15) is 4.90 Å². The van der Waals surface area contributed by atoms with E-state index >= 15 is 0 Å². The van der Waals surface area contributed by atoms with Gasteiger partial charge in [0.15, 0.2) is 0 Å². The molecule has 4 nitrogen and oxygen atoms in total. The summed E-state index contributed by atoms with van der Waals surface area (Å²) >= 11 is 5.75. The third-order valence-corrected chi connectivity index (χ3v) is 3.83. The minimum Gasteiger partial charge on any atom is -0.322 e. The molecule has 0 radical (unpaired) electrons. The Kier molecular flexibility index (Phi) is 2.69. The molecule has 0 spiro atoms. The van der Waals surface area contributed by atoms with E-state index < -0.39 is 9.05 Å². The number of aromatic nitrogens is 1. The number of halogens is 2. The highest BCUT2D eigenvalue weighted by atomic mass is 35.7. The predicted molar refractivity (Wildman–Crippen MR) is 62.6 cm³/mol. The Morgan fingerprint density at radius 1 is 1.19 bits per heavy atom.